The van der Waals surface area contributed by atoms with Crippen molar-refractivity contribution in [2.75, 3.05) is 6.54 Å². The Balaban J connectivity index is 1.19. The minimum atomic E-state index is -0.560. The molecule has 0 bridgehead atoms. The molecule has 0 unspecified atom stereocenters. The third kappa shape index (κ3) is 8.53. The van der Waals surface area contributed by atoms with Crippen molar-refractivity contribution in [3.8, 4) is 0 Å². The number of aliphatic hydroxyl groups excluding tert-OH is 1. The van der Waals surface area contributed by atoms with Crippen LogP contribution in [0, 0.1) is 0 Å². The van der Waals surface area contributed by atoms with E-state index in [-0.39, 0.29) is 24.7 Å². The first-order valence-corrected chi connectivity index (χ1v) is 15.7. The molecule has 1 aromatic heterocycles. The summed E-state index contributed by atoms with van der Waals surface area (Å²) in [5.74, 6) is -0.162. The zero-order chi connectivity index (χ0) is 31.6. The molecule has 0 spiro atoms. The van der Waals surface area contributed by atoms with Gasteiger partial charge in [0.05, 0.1) is 24.4 Å². The molecule has 1 fully saturated rings. The molecule has 1 aliphatic heterocycles. The van der Waals surface area contributed by atoms with Gasteiger partial charge in [-0.25, -0.2) is 0 Å². The fourth-order valence-electron chi connectivity index (χ4n) is 5.76. The van der Waals surface area contributed by atoms with Crippen LogP contribution in [0.2, 0.25) is 0 Å². The Hall–Kier alpha value is -4.66. The van der Waals surface area contributed by atoms with E-state index in [0.29, 0.717) is 18.5 Å². The van der Waals surface area contributed by atoms with E-state index in [4.69, 9.17) is 9.47 Å². The van der Waals surface area contributed by atoms with Gasteiger partial charge in [0.1, 0.15) is 0 Å². The van der Waals surface area contributed by atoms with Crippen LogP contribution in [-0.4, -0.2) is 33.5 Å². The highest BCUT2D eigenvalue weighted by Gasteiger charge is 2.33. The Kier molecular flexibility index (Phi) is 10.6. The maximum absolute atomic E-state index is 12.5. The summed E-state index contributed by atoms with van der Waals surface area (Å²) >= 11 is 0. The van der Waals surface area contributed by atoms with Gasteiger partial charge in [-0.15, -0.1) is 0 Å². The molecule has 1 saturated heterocycles. The zero-order valence-electron chi connectivity index (χ0n) is 25.7. The van der Waals surface area contributed by atoms with Gasteiger partial charge in [-0.05, 0) is 39.9 Å². The molecule has 1 aliphatic rings. The molecular weight excluding hydrogens is 574 g/mol. The third-order valence-corrected chi connectivity index (χ3v) is 8.20. The highest BCUT2D eigenvalue weighted by Crippen LogP contribution is 2.38. The zero-order valence-corrected chi connectivity index (χ0v) is 25.7. The lowest BCUT2D eigenvalue weighted by Gasteiger charge is -2.38. The average molecular weight is 614 g/mol. The summed E-state index contributed by atoms with van der Waals surface area (Å²) in [6.45, 7) is 2.74. The second-order valence-electron chi connectivity index (χ2n) is 11.7. The molecule has 0 radical (unpaired) electrons. The Bertz CT molecular complexity index is 1610. The molecule has 0 saturated carbocycles. The number of nitrogens with zero attached hydrogens (tertiary/aromatic N) is 2. The van der Waals surface area contributed by atoms with E-state index in [1.807, 2.05) is 60.7 Å². The lowest BCUT2D eigenvalue weighted by atomic mass is 9.99. The third-order valence-electron chi connectivity index (χ3n) is 8.20. The molecule has 6 rings (SSSR count). The van der Waals surface area contributed by atoms with E-state index in [2.05, 4.69) is 63.7 Å². The normalized spacial score (nSPS) is 17.9. The Labute approximate surface area is 270 Å². The highest BCUT2D eigenvalue weighted by molar-refractivity contribution is 5.93. The number of aromatic nitrogens is 1. The molecule has 46 heavy (non-hydrogen) atoms. The fraction of sp³-hybridized carbons (Fsp3) is 0.231. The number of rotatable bonds is 12. The number of pyridine rings is 1. The molecule has 4 aromatic carbocycles. The molecule has 5 aromatic rings. The number of ether oxygens (including phenoxy) is 2. The van der Waals surface area contributed by atoms with Crippen molar-refractivity contribution in [2.24, 2.45) is 0 Å². The van der Waals surface area contributed by atoms with Gasteiger partial charge in [0.2, 0.25) is 0 Å². The minimum Gasteiger partial charge on any atom is -0.392 e. The quantitative estimate of drug-likeness (QED) is 0.162. The van der Waals surface area contributed by atoms with Crippen molar-refractivity contribution >= 4 is 5.91 Å². The number of carbonyl (C=O) groups excluding carboxylic acids is 1. The fourth-order valence-corrected chi connectivity index (χ4v) is 5.76. The van der Waals surface area contributed by atoms with Gasteiger partial charge in [0.25, 0.3) is 5.91 Å². The minimum absolute atomic E-state index is 0.00311. The van der Waals surface area contributed by atoms with Gasteiger partial charge in [-0.3, -0.25) is 14.7 Å². The van der Waals surface area contributed by atoms with Gasteiger partial charge in [0, 0.05) is 50.6 Å². The van der Waals surface area contributed by atoms with Crippen molar-refractivity contribution in [1.82, 2.24) is 15.2 Å². The summed E-state index contributed by atoms with van der Waals surface area (Å²) in [5, 5.41) is 12.5. The predicted molar refractivity (Wildman–Crippen MR) is 177 cm³/mol. The molecule has 0 aliphatic carbocycles. The summed E-state index contributed by atoms with van der Waals surface area (Å²) in [7, 11) is 0. The van der Waals surface area contributed by atoms with Crippen LogP contribution in [0.5, 0.6) is 0 Å². The number of amides is 1. The first-order chi connectivity index (χ1) is 22.6. The smallest absolute Gasteiger partial charge is 0.253 e. The van der Waals surface area contributed by atoms with Gasteiger partial charge >= 0.3 is 0 Å². The first-order valence-electron chi connectivity index (χ1n) is 15.7. The molecule has 234 valence electrons. The Morgan fingerprint density at radius 2 is 1.37 bits per heavy atom. The van der Waals surface area contributed by atoms with E-state index in [0.717, 1.165) is 41.9 Å². The average Bonchev–Trinajstić information content (AvgIpc) is 3.12. The van der Waals surface area contributed by atoms with Crippen LogP contribution >= 0.6 is 0 Å². The van der Waals surface area contributed by atoms with Gasteiger partial charge in [-0.2, -0.15) is 0 Å². The number of hydrogen-bond acceptors (Lipinski definition) is 6. The second kappa shape index (κ2) is 15.6. The van der Waals surface area contributed by atoms with Crippen molar-refractivity contribution in [1.29, 1.82) is 0 Å². The van der Waals surface area contributed by atoms with E-state index < -0.39 is 6.29 Å². The molecule has 2 heterocycles. The van der Waals surface area contributed by atoms with Crippen LogP contribution in [0.4, 0.5) is 0 Å². The lowest BCUT2D eigenvalue weighted by Crippen LogP contribution is -2.39. The van der Waals surface area contributed by atoms with Crippen molar-refractivity contribution in [2.45, 2.75) is 51.2 Å². The largest absolute Gasteiger partial charge is 0.392 e. The van der Waals surface area contributed by atoms with Crippen molar-refractivity contribution in [3.05, 3.63) is 173 Å². The molecule has 1 amide bonds. The van der Waals surface area contributed by atoms with Crippen LogP contribution < -0.4 is 5.32 Å². The second-order valence-corrected chi connectivity index (χ2v) is 11.7. The standard InChI is InChI=1S/C39H39N3O4/c43-28-32-15-17-33(18-16-32)37-22-36(27-42(25-30-8-3-1-4-9-30)26-31-10-5-2-6-11-31)45-39(46-37)34-19-13-29(14-20-34)23-41-38(44)35-12-7-21-40-24-35/h1-21,24,36-37,39,43H,22-23,25-28H2,(H,41,44)/t36-,37+,39+/m0/s1. The van der Waals surface area contributed by atoms with Crippen molar-refractivity contribution in [3.63, 3.8) is 0 Å². The Morgan fingerprint density at radius 1 is 0.739 bits per heavy atom. The van der Waals surface area contributed by atoms with E-state index >= 15 is 0 Å². The summed E-state index contributed by atoms with van der Waals surface area (Å²) in [5.41, 5.74) is 6.85. The molecule has 7 heteroatoms. The van der Waals surface area contributed by atoms with Gasteiger partial charge in [-0.1, -0.05) is 109 Å². The summed E-state index contributed by atoms with van der Waals surface area (Å²) in [6, 6.07) is 40.5. The van der Waals surface area contributed by atoms with Crippen LogP contribution in [0.3, 0.4) is 0 Å². The van der Waals surface area contributed by atoms with Crippen LogP contribution in [-0.2, 0) is 35.7 Å². The summed E-state index contributed by atoms with van der Waals surface area (Å²) in [4.78, 5) is 19.0. The molecule has 2 N–H and O–H groups in total. The summed E-state index contributed by atoms with van der Waals surface area (Å²) in [6.07, 6.45) is 3.08. The van der Waals surface area contributed by atoms with Gasteiger partial charge < -0.3 is 19.9 Å². The number of benzene rings is 4. The predicted octanol–water partition coefficient (Wildman–Crippen LogP) is 6.75. The van der Waals surface area contributed by atoms with Crippen LogP contribution in [0.1, 0.15) is 62.6 Å². The monoisotopic (exact) mass is 613 g/mol. The highest BCUT2D eigenvalue weighted by atomic mass is 16.7. The van der Waals surface area contributed by atoms with E-state index in [9.17, 15) is 9.90 Å². The Morgan fingerprint density at radius 3 is 1.98 bits per heavy atom. The maximum Gasteiger partial charge on any atom is 0.253 e. The van der Waals surface area contributed by atoms with Crippen molar-refractivity contribution < 1.29 is 19.4 Å². The SMILES string of the molecule is O=C(NCc1ccc([C@@H]2O[C@H](CN(Cc3ccccc3)Cc3ccccc3)C[C@H](c3ccc(CO)cc3)O2)cc1)c1cccnc1. The van der Waals surface area contributed by atoms with E-state index in [1.165, 1.54) is 11.1 Å². The topological polar surface area (TPSA) is 83.9 Å². The lowest BCUT2D eigenvalue weighted by molar-refractivity contribution is -0.253. The van der Waals surface area contributed by atoms with E-state index in [1.54, 1.807) is 24.5 Å². The number of hydrogen-bond donors (Lipinski definition) is 2. The number of aliphatic hydroxyl groups is 1. The number of nitrogens with one attached hydrogen (secondary N) is 1. The first kappa shape index (κ1) is 31.3. The molecule has 3 atom stereocenters. The molecular formula is C39H39N3O4. The van der Waals surface area contributed by atoms with Gasteiger partial charge in [0.15, 0.2) is 6.29 Å². The van der Waals surface area contributed by atoms with Crippen LogP contribution in [0.25, 0.3) is 0 Å². The number of carbonyl (C=O) groups is 1. The maximum atomic E-state index is 12.5. The summed E-state index contributed by atoms with van der Waals surface area (Å²) < 4.78 is 13.3. The van der Waals surface area contributed by atoms with Crippen LogP contribution in [0.15, 0.2) is 134 Å². The molecule has 7 nitrogen and oxygen atoms in total.